The predicted octanol–water partition coefficient (Wildman–Crippen LogP) is 3.70. The Morgan fingerprint density at radius 2 is 1.74 bits per heavy atom. The monoisotopic (exact) mass is 367 g/mol. The van der Waals surface area contributed by atoms with Crippen LogP contribution in [0.5, 0.6) is 5.75 Å². The second kappa shape index (κ2) is 7.13. The highest BCUT2D eigenvalue weighted by Gasteiger charge is 2.05. The number of benzene rings is 2. The van der Waals surface area contributed by atoms with Crippen LogP contribution in [-0.4, -0.2) is 12.5 Å². The molecule has 4 heteroatoms. The maximum atomic E-state index is 11.8. The summed E-state index contributed by atoms with van der Waals surface area (Å²) in [5.41, 5.74) is 0.841. The van der Waals surface area contributed by atoms with E-state index in [4.69, 9.17) is 4.74 Å². The summed E-state index contributed by atoms with van der Waals surface area (Å²) in [4.78, 5) is 11.8. The molecule has 0 fully saturated rings. The highest BCUT2D eigenvalue weighted by atomic mass is 127. The summed E-state index contributed by atoms with van der Waals surface area (Å²) < 4.78 is 6.51. The lowest BCUT2D eigenvalue weighted by Gasteiger charge is -2.08. The van der Waals surface area contributed by atoms with Crippen molar-refractivity contribution in [1.29, 1.82) is 0 Å². The van der Waals surface area contributed by atoms with E-state index in [1.54, 1.807) is 0 Å². The van der Waals surface area contributed by atoms with Crippen LogP contribution in [0.2, 0.25) is 0 Å². The van der Waals surface area contributed by atoms with Gasteiger partial charge >= 0.3 is 0 Å². The standard InChI is InChI=1S/C15H14INO2/c16-13-8-4-5-9-14(13)17-15(18)10-11-19-12-6-2-1-3-7-12/h1-9H,10-11H2,(H,17,18). The Bertz CT molecular complexity index is 543. The first kappa shape index (κ1) is 13.9. The van der Waals surface area contributed by atoms with Gasteiger partial charge in [-0.05, 0) is 46.9 Å². The first-order valence-electron chi connectivity index (χ1n) is 5.98. The van der Waals surface area contributed by atoms with Gasteiger partial charge < -0.3 is 10.1 Å². The highest BCUT2D eigenvalue weighted by Crippen LogP contribution is 2.17. The van der Waals surface area contributed by atoms with Crippen molar-refractivity contribution in [2.45, 2.75) is 6.42 Å². The number of hydrogen-bond acceptors (Lipinski definition) is 2. The Hall–Kier alpha value is -1.56. The zero-order valence-corrected chi connectivity index (χ0v) is 12.5. The second-order valence-electron chi connectivity index (χ2n) is 3.94. The van der Waals surface area contributed by atoms with E-state index in [-0.39, 0.29) is 5.91 Å². The van der Waals surface area contributed by atoms with Crippen LogP contribution >= 0.6 is 22.6 Å². The van der Waals surface area contributed by atoms with Gasteiger partial charge in [0, 0.05) is 3.57 Å². The Morgan fingerprint density at radius 3 is 2.47 bits per heavy atom. The van der Waals surface area contributed by atoms with Crippen molar-refractivity contribution in [1.82, 2.24) is 0 Å². The van der Waals surface area contributed by atoms with E-state index in [1.165, 1.54) is 0 Å². The topological polar surface area (TPSA) is 38.3 Å². The number of halogens is 1. The summed E-state index contributed by atoms with van der Waals surface area (Å²) in [7, 11) is 0. The molecule has 0 spiro atoms. The zero-order valence-electron chi connectivity index (χ0n) is 10.3. The van der Waals surface area contributed by atoms with E-state index >= 15 is 0 Å². The zero-order chi connectivity index (χ0) is 13.5. The third-order valence-electron chi connectivity index (χ3n) is 2.49. The number of anilines is 1. The predicted molar refractivity (Wildman–Crippen MR) is 84.3 cm³/mol. The maximum Gasteiger partial charge on any atom is 0.227 e. The third kappa shape index (κ3) is 4.55. The highest BCUT2D eigenvalue weighted by molar-refractivity contribution is 14.1. The molecule has 0 bridgehead atoms. The van der Waals surface area contributed by atoms with E-state index in [0.717, 1.165) is 15.0 Å². The molecule has 0 atom stereocenters. The lowest BCUT2D eigenvalue weighted by molar-refractivity contribution is -0.116. The molecule has 1 amide bonds. The quantitative estimate of drug-likeness (QED) is 0.819. The maximum absolute atomic E-state index is 11.8. The minimum Gasteiger partial charge on any atom is -0.493 e. The fourth-order valence-corrected chi connectivity index (χ4v) is 2.08. The molecule has 0 heterocycles. The van der Waals surface area contributed by atoms with E-state index in [9.17, 15) is 4.79 Å². The molecule has 1 N–H and O–H groups in total. The van der Waals surface area contributed by atoms with Gasteiger partial charge in [-0.25, -0.2) is 0 Å². The van der Waals surface area contributed by atoms with E-state index < -0.39 is 0 Å². The van der Waals surface area contributed by atoms with Crippen LogP contribution in [0, 0.1) is 3.57 Å². The molecular weight excluding hydrogens is 353 g/mol. The summed E-state index contributed by atoms with van der Waals surface area (Å²) in [6, 6.07) is 17.2. The van der Waals surface area contributed by atoms with Gasteiger partial charge in [0.25, 0.3) is 0 Å². The van der Waals surface area contributed by atoms with Crippen molar-refractivity contribution in [2.75, 3.05) is 11.9 Å². The minimum atomic E-state index is -0.0416. The summed E-state index contributed by atoms with van der Waals surface area (Å²) in [5.74, 6) is 0.740. The molecule has 0 aromatic heterocycles. The van der Waals surface area contributed by atoms with Crippen LogP contribution in [0.15, 0.2) is 54.6 Å². The lowest BCUT2D eigenvalue weighted by Crippen LogP contribution is -2.15. The van der Waals surface area contributed by atoms with E-state index in [2.05, 4.69) is 27.9 Å². The van der Waals surface area contributed by atoms with Gasteiger partial charge in [-0.15, -0.1) is 0 Å². The smallest absolute Gasteiger partial charge is 0.227 e. The molecule has 0 unspecified atom stereocenters. The third-order valence-corrected chi connectivity index (χ3v) is 3.43. The number of carbonyl (C=O) groups excluding carboxylic acids is 1. The molecule has 2 aromatic rings. The fraction of sp³-hybridized carbons (Fsp3) is 0.133. The summed E-state index contributed by atoms with van der Waals surface area (Å²) in [5, 5.41) is 2.87. The van der Waals surface area contributed by atoms with Crippen LogP contribution < -0.4 is 10.1 Å². The van der Waals surface area contributed by atoms with Gasteiger partial charge in [0.05, 0.1) is 18.7 Å². The van der Waals surface area contributed by atoms with Gasteiger partial charge in [0.1, 0.15) is 5.75 Å². The van der Waals surface area contributed by atoms with Crippen molar-refractivity contribution in [3.8, 4) is 5.75 Å². The molecule has 0 saturated carbocycles. The molecule has 2 aromatic carbocycles. The van der Waals surface area contributed by atoms with E-state index in [0.29, 0.717) is 13.0 Å². The van der Waals surface area contributed by atoms with Gasteiger partial charge in [-0.2, -0.15) is 0 Å². The van der Waals surface area contributed by atoms with Gasteiger partial charge in [0.2, 0.25) is 5.91 Å². The molecule has 3 nitrogen and oxygen atoms in total. The number of rotatable bonds is 5. The van der Waals surface area contributed by atoms with Crippen molar-refractivity contribution >= 4 is 34.2 Å². The molecule has 98 valence electrons. The fourth-order valence-electron chi connectivity index (χ4n) is 1.55. The molecule has 0 saturated heterocycles. The van der Waals surface area contributed by atoms with Gasteiger partial charge in [0.15, 0.2) is 0 Å². The Balaban J connectivity index is 1.78. The SMILES string of the molecule is O=C(CCOc1ccccc1)Nc1ccccc1I. The number of hydrogen-bond donors (Lipinski definition) is 1. The van der Waals surface area contributed by atoms with Crippen molar-refractivity contribution in [3.63, 3.8) is 0 Å². The number of ether oxygens (including phenoxy) is 1. The van der Waals surface area contributed by atoms with Crippen LogP contribution in [0.25, 0.3) is 0 Å². The number of para-hydroxylation sites is 2. The number of nitrogens with one attached hydrogen (secondary N) is 1. The van der Waals surface area contributed by atoms with Crippen molar-refractivity contribution < 1.29 is 9.53 Å². The number of amides is 1. The molecule has 0 aliphatic rings. The first-order chi connectivity index (χ1) is 9.25. The average molecular weight is 367 g/mol. The molecule has 0 aliphatic carbocycles. The Labute approximate surface area is 126 Å². The Kier molecular flexibility index (Phi) is 5.20. The van der Waals surface area contributed by atoms with Crippen LogP contribution in [-0.2, 0) is 4.79 Å². The van der Waals surface area contributed by atoms with Crippen LogP contribution in [0.3, 0.4) is 0 Å². The largest absolute Gasteiger partial charge is 0.493 e. The van der Waals surface area contributed by atoms with Crippen molar-refractivity contribution in [2.24, 2.45) is 0 Å². The summed E-state index contributed by atoms with van der Waals surface area (Å²) in [6.45, 7) is 0.374. The molecule has 2 rings (SSSR count). The van der Waals surface area contributed by atoms with Gasteiger partial charge in [-0.3, -0.25) is 4.79 Å². The normalized spacial score (nSPS) is 9.95. The van der Waals surface area contributed by atoms with E-state index in [1.807, 2.05) is 54.6 Å². The minimum absolute atomic E-state index is 0.0416. The number of carbonyl (C=O) groups is 1. The molecule has 19 heavy (non-hydrogen) atoms. The summed E-state index contributed by atoms with van der Waals surface area (Å²) in [6.07, 6.45) is 0.333. The van der Waals surface area contributed by atoms with Crippen LogP contribution in [0.4, 0.5) is 5.69 Å². The second-order valence-corrected chi connectivity index (χ2v) is 5.10. The molecule has 0 aliphatic heterocycles. The molecule has 0 radical (unpaired) electrons. The average Bonchev–Trinajstić information content (AvgIpc) is 2.43. The first-order valence-corrected chi connectivity index (χ1v) is 7.06. The Morgan fingerprint density at radius 1 is 1.05 bits per heavy atom. The van der Waals surface area contributed by atoms with Gasteiger partial charge in [-0.1, -0.05) is 30.3 Å². The summed E-state index contributed by atoms with van der Waals surface area (Å²) >= 11 is 2.19. The molecular formula is C15H14INO2. The lowest BCUT2D eigenvalue weighted by atomic mass is 10.3. The van der Waals surface area contributed by atoms with Crippen LogP contribution in [0.1, 0.15) is 6.42 Å². The van der Waals surface area contributed by atoms with Crippen molar-refractivity contribution in [3.05, 3.63) is 58.2 Å².